The standard InChI is InChI=1S/C14H19BrN2O2S/c1-5-8-17(4)20(18,19)14-9-12(6-7-13(14)15)10-16-11(2)3/h1,6-7,9,11,16H,8,10H2,2-4H3. The number of sulfonamides is 1. The molecule has 1 N–H and O–H groups in total. The lowest BCUT2D eigenvalue weighted by Crippen LogP contribution is -2.28. The highest BCUT2D eigenvalue weighted by Crippen LogP contribution is 2.25. The minimum atomic E-state index is -3.58. The molecule has 0 amide bonds. The number of benzene rings is 1. The quantitative estimate of drug-likeness (QED) is 0.793. The van der Waals surface area contributed by atoms with Gasteiger partial charge in [0.05, 0.1) is 11.4 Å². The van der Waals surface area contributed by atoms with Gasteiger partial charge in [0.15, 0.2) is 0 Å². The minimum absolute atomic E-state index is 0.0449. The summed E-state index contributed by atoms with van der Waals surface area (Å²) in [7, 11) is -2.10. The smallest absolute Gasteiger partial charge is 0.244 e. The van der Waals surface area contributed by atoms with Crippen LogP contribution in [0.1, 0.15) is 19.4 Å². The molecule has 110 valence electrons. The highest BCUT2D eigenvalue weighted by Gasteiger charge is 2.23. The van der Waals surface area contributed by atoms with Gasteiger partial charge in [0.25, 0.3) is 0 Å². The summed E-state index contributed by atoms with van der Waals surface area (Å²) in [5.74, 6) is 2.34. The zero-order valence-electron chi connectivity index (χ0n) is 11.9. The van der Waals surface area contributed by atoms with Gasteiger partial charge in [-0.1, -0.05) is 25.8 Å². The Kier molecular flexibility index (Phi) is 6.21. The molecule has 20 heavy (non-hydrogen) atoms. The van der Waals surface area contributed by atoms with E-state index in [0.29, 0.717) is 17.1 Å². The Morgan fingerprint density at radius 1 is 1.45 bits per heavy atom. The molecule has 0 aliphatic carbocycles. The van der Waals surface area contributed by atoms with E-state index in [1.807, 2.05) is 19.9 Å². The normalized spacial score (nSPS) is 11.8. The van der Waals surface area contributed by atoms with Crippen molar-refractivity contribution in [2.45, 2.75) is 31.3 Å². The van der Waals surface area contributed by atoms with Gasteiger partial charge >= 0.3 is 0 Å². The van der Waals surface area contributed by atoms with E-state index in [2.05, 4.69) is 27.2 Å². The summed E-state index contributed by atoms with van der Waals surface area (Å²) in [6.45, 7) is 4.74. The van der Waals surface area contributed by atoms with Gasteiger partial charge < -0.3 is 5.32 Å². The Morgan fingerprint density at radius 2 is 2.10 bits per heavy atom. The molecule has 0 spiro atoms. The summed E-state index contributed by atoms with van der Waals surface area (Å²) in [5, 5.41) is 3.26. The molecule has 0 fully saturated rings. The molecule has 0 heterocycles. The number of halogens is 1. The monoisotopic (exact) mass is 358 g/mol. The first kappa shape index (κ1) is 17.2. The van der Waals surface area contributed by atoms with E-state index in [9.17, 15) is 8.42 Å². The molecule has 0 saturated carbocycles. The van der Waals surface area contributed by atoms with Crippen molar-refractivity contribution in [2.24, 2.45) is 0 Å². The Morgan fingerprint density at radius 3 is 2.65 bits per heavy atom. The van der Waals surface area contributed by atoms with Crippen molar-refractivity contribution in [3.8, 4) is 12.3 Å². The Labute approximate surface area is 129 Å². The molecule has 1 aromatic rings. The van der Waals surface area contributed by atoms with Crippen molar-refractivity contribution < 1.29 is 8.42 Å². The molecular formula is C14H19BrN2O2S. The first-order valence-corrected chi connectivity index (χ1v) is 8.44. The van der Waals surface area contributed by atoms with Gasteiger partial charge in [-0.2, -0.15) is 4.31 Å². The summed E-state index contributed by atoms with van der Waals surface area (Å²) in [4.78, 5) is 0.235. The molecule has 4 nitrogen and oxygen atoms in total. The van der Waals surface area contributed by atoms with Gasteiger partial charge in [0.1, 0.15) is 0 Å². The van der Waals surface area contributed by atoms with Crippen LogP contribution in [0.3, 0.4) is 0 Å². The predicted octanol–water partition coefficient (Wildman–Crippen LogP) is 2.20. The second-order valence-electron chi connectivity index (χ2n) is 4.77. The maximum absolute atomic E-state index is 12.4. The van der Waals surface area contributed by atoms with Crippen molar-refractivity contribution in [3.05, 3.63) is 28.2 Å². The first-order valence-electron chi connectivity index (χ1n) is 6.20. The highest BCUT2D eigenvalue weighted by molar-refractivity contribution is 9.10. The molecule has 1 rings (SSSR count). The zero-order valence-corrected chi connectivity index (χ0v) is 14.3. The molecule has 0 unspecified atom stereocenters. The maximum atomic E-state index is 12.4. The third kappa shape index (κ3) is 4.32. The molecule has 1 aromatic carbocycles. The topological polar surface area (TPSA) is 49.4 Å². The van der Waals surface area contributed by atoms with Crippen LogP contribution < -0.4 is 5.32 Å². The van der Waals surface area contributed by atoms with E-state index in [1.54, 1.807) is 12.1 Å². The van der Waals surface area contributed by atoms with Gasteiger partial charge in [0, 0.05) is 24.1 Å². The van der Waals surface area contributed by atoms with Crippen molar-refractivity contribution in [2.75, 3.05) is 13.6 Å². The number of rotatable bonds is 6. The van der Waals surface area contributed by atoms with E-state index in [4.69, 9.17) is 6.42 Å². The third-order valence-corrected chi connectivity index (χ3v) is 5.51. The second-order valence-corrected chi connectivity index (χ2v) is 7.63. The molecule has 0 atom stereocenters. The number of hydrogen-bond donors (Lipinski definition) is 1. The van der Waals surface area contributed by atoms with E-state index < -0.39 is 10.0 Å². The number of nitrogens with one attached hydrogen (secondary N) is 1. The van der Waals surface area contributed by atoms with Gasteiger partial charge in [0.2, 0.25) is 10.0 Å². The first-order chi connectivity index (χ1) is 9.28. The van der Waals surface area contributed by atoms with Crippen molar-refractivity contribution in [3.63, 3.8) is 0 Å². The van der Waals surface area contributed by atoms with Crippen LogP contribution in [0.4, 0.5) is 0 Å². The van der Waals surface area contributed by atoms with E-state index in [-0.39, 0.29) is 11.4 Å². The van der Waals surface area contributed by atoms with Crippen LogP contribution in [0.5, 0.6) is 0 Å². The van der Waals surface area contributed by atoms with Gasteiger partial charge in [-0.05, 0) is 33.6 Å². The zero-order chi connectivity index (χ0) is 15.3. The predicted molar refractivity (Wildman–Crippen MR) is 84.8 cm³/mol. The van der Waals surface area contributed by atoms with Crippen LogP contribution in [0.15, 0.2) is 27.6 Å². The SMILES string of the molecule is C#CCN(C)S(=O)(=O)c1cc(CNC(C)C)ccc1Br. The molecule has 0 bridgehead atoms. The molecule has 6 heteroatoms. The summed E-state index contributed by atoms with van der Waals surface area (Å²) in [6, 6.07) is 5.64. The van der Waals surface area contributed by atoms with E-state index >= 15 is 0 Å². The number of nitrogens with zero attached hydrogens (tertiary/aromatic N) is 1. The summed E-state index contributed by atoms with van der Waals surface area (Å²) in [5.41, 5.74) is 0.912. The molecule has 0 radical (unpaired) electrons. The number of terminal acetylenes is 1. The lowest BCUT2D eigenvalue weighted by molar-refractivity contribution is 0.502. The maximum Gasteiger partial charge on any atom is 0.244 e. The molecule has 0 aromatic heterocycles. The lowest BCUT2D eigenvalue weighted by Gasteiger charge is -2.17. The van der Waals surface area contributed by atoms with Crippen LogP contribution in [0.25, 0.3) is 0 Å². The Bertz CT molecular complexity index is 606. The van der Waals surface area contributed by atoms with Crippen molar-refractivity contribution in [1.29, 1.82) is 0 Å². The van der Waals surface area contributed by atoms with Crippen LogP contribution >= 0.6 is 15.9 Å². The number of hydrogen-bond acceptors (Lipinski definition) is 3. The summed E-state index contributed by atoms with van der Waals surface area (Å²) >= 11 is 3.29. The van der Waals surface area contributed by atoms with Crippen LogP contribution in [-0.4, -0.2) is 32.4 Å². The van der Waals surface area contributed by atoms with Crippen LogP contribution in [0.2, 0.25) is 0 Å². The Hall–Kier alpha value is -0.870. The summed E-state index contributed by atoms with van der Waals surface area (Å²) < 4.78 is 26.5. The van der Waals surface area contributed by atoms with Crippen molar-refractivity contribution in [1.82, 2.24) is 9.62 Å². The lowest BCUT2D eigenvalue weighted by atomic mass is 10.2. The van der Waals surface area contributed by atoms with E-state index in [1.165, 1.54) is 7.05 Å². The fraction of sp³-hybridized carbons (Fsp3) is 0.429. The van der Waals surface area contributed by atoms with Crippen molar-refractivity contribution >= 4 is 26.0 Å². The summed E-state index contributed by atoms with van der Waals surface area (Å²) in [6.07, 6.45) is 5.18. The second kappa shape index (κ2) is 7.23. The largest absolute Gasteiger partial charge is 0.310 e. The van der Waals surface area contributed by atoms with Gasteiger partial charge in [-0.15, -0.1) is 6.42 Å². The Balaban J connectivity index is 3.11. The average molecular weight is 359 g/mol. The fourth-order valence-electron chi connectivity index (χ4n) is 1.56. The molecular weight excluding hydrogens is 340 g/mol. The molecule has 0 aliphatic rings. The fourth-order valence-corrected chi connectivity index (χ4v) is 3.61. The highest BCUT2D eigenvalue weighted by atomic mass is 79.9. The molecule has 0 saturated heterocycles. The minimum Gasteiger partial charge on any atom is -0.310 e. The molecule has 0 aliphatic heterocycles. The average Bonchev–Trinajstić information content (AvgIpc) is 2.37. The van der Waals surface area contributed by atoms with Gasteiger partial charge in [-0.3, -0.25) is 0 Å². The third-order valence-electron chi connectivity index (χ3n) is 2.71. The van der Waals surface area contributed by atoms with Gasteiger partial charge in [-0.25, -0.2) is 8.42 Å². The van der Waals surface area contributed by atoms with E-state index in [0.717, 1.165) is 9.87 Å². The van der Waals surface area contributed by atoms with Crippen LogP contribution in [0, 0.1) is 12.3 Å². The van der Waals surface area contributed by atoms with Crippen LogP contribution in [-0.2, 0) is 16.6 Å².